The Morgan fingerprint density at radius 2 is 1.82 bits per heavy atom. The summed E-state index contributed by atoms with van der Waals surface area (Å²) in [4.78, 5) is 17.4. The number of benzene rings is 1. The van der Waals surface area contributed by atoms with Gasteiger partial charge in [-0.15, -0.1) is 11.3 Å². The topological polar surface area (TPSA) is 53.4 Å². The fourth-order valence-electron chi connectivity index (χ4n) is 2.31. The molecular formula is C17H22N2O2S. The van der Waals surface area contributed by atoms with Crippen LogP contribution in [-0.2, 0) is 24.2 Å². The summed E-state index contributed by atoms with van der Waals surface area (Å²) in [6.07, 6.45) is 0.759. The Balaban J connectivity index is 1.96. The molecule has 0 bridgehead atoms. The Morgan fingerprint density at radius 1 is 1.18 bits per heavy atom. The van der Waals surface area contributed by atoms with Gasteiger partial charge >= 0.3 is 5.97 Å². The molecule has 1 N–H and O–H groups in total. The van der Waals surface area contributed by atoms with Crippen LogP contribution in [0.1, 0.15) is 35.7 Å². The van der Waals surface area contributed by atoms with Crippen molar-refractivity contribution in [2.45, 2.75) is 33.2 Å². The van der Waals surface area contributed by atoms with Gasteiger partial charge in [-0.3, -0.25) is 9.69 Å². The first-order valence-corrected chi connectivity index (χ1v) is 8.44. The van der Waals surface area contributed by atoms with Gasteiger partial charge in [-0.2, -0.15) is 0 Å². The lowest BCUT2D eigenvalue weighted by Crippen LogP contribution is -2.21. The Kier molecular flexibility index (Phi) is 6.10. The molecule has 2 rings (SSSR count). The maximum Gasteiger partial charge on any atom is 0.309 e. The summed E-state index contributed by atoms with van der Waals surface area (Å²) in [5, 5.41) is 11.6. The lowest BCUT2D eigenvalue weighted by molar-refractivity contribution is -0.136. The summed E-state index contributed by atoms with van der Waals surface area (Å²) in [6.45, 7) is 7.45. The molecule has 0 spiro atoms. The summed E-state index contributed by atoms with van der Waals surface area (Å²) in [5.74, 6) is -0.836. The number of carboxylic acid groups (broad SMARTS) is 1. The highest BCUT2D eigenvalue weighted by molar-refractivity contribution is 7.09. The molecular weight excluding hydrogens is 296 g/mol. The van der Waals surface area contributed by atoms with E-state index >= 15 is 0 Å². The van der Waals surface area contributed by atoms with E-state index in [2.05, 4.69) is 48.0 Å². The van der Waals surface area contributed by atoms with E-state index in [0.29, 0.717) is 5.69 Å². The average Bonchev–Trinajstić information content (AvgIpc) is 2.92. The second-order valence-electron chi connectivity index (χ2n) is 5.26. The van der Waals surface area contributed by atoms with Crippen molar-refractivity contribution in [2.24, 2.45) is 0 Å². The number of nitrogens with zero attached hydrogens (tertiary/aromatic N) is 2. The normalized spacial score (nSPS) is 11.0. The van der Waals surface area contributed by atoms with Gasteiger partial charge in [-0.1, -0.05) is 38.1 Å². The fourth-order valence-corrected chi connectivity index (χ4v) is 3.14. The minimum Gasteiger partial charge on any atom is -0.481 e. The standard InChI is InChI=1S/C17H22N2O2S/c1-3-19(4-2)11-14-7-5-13(6-8-14)9-16-18-15(12-22-16)10-17(20)21/h5-8,12H,3-4,9-11H2,1-2H3,(H,20,21). The zero-order chi connectivity index (χ0) is 15.9. The van der Waals surface area contributed by atoms with Crippen LogP contribution in [0.3, 0.4) is 0 Å². The smallest absolute Gasteiger partial charge is 0.309 e. The zero-order valence-corrected chi connectivity index (χ0v) is 13.9. The Bertz CT molecular complexity index is 603. The molecule has 0 aliphatic heterocycles. The third kappa shape index (κ3) is 4.93. The van der Waals surface area contributed by atoms with E-state index < -0.39 is 5.97 Å². The van der Waals surface area contributed by atoms with Gasteiger partial charge in [0.1, 0.15) is 0 Å². The van der Waals surface area contributed by atoms with Crippen LogP contribution >= 0.6 is 11.3 Å². The minimum atomic E-state index is -0.836. The van der Waals surface area contributed by atoms with E-state index in [0.717, 1.165) is 31.1 Å². The zero-order valence-electron chi connectivity index (χ0n) is 13.1. The van der Waals surface area contributed by atoms with Gasteiger partial charge in [0.15, 0.2) is 0 Å². The summed E-state index contributed by atoms with van der Waals surface area (Å²) >= 11 is 1.53. The third-order valence-electron chi connectivity index (χ3n) is 3.61. The van der Waals surface area contributed by atoms with Gasteiger partial charge in [0.05, 0.1) is 17.1 Å². The van der Waals surface area contributed by atoms with Crippen LogP contribution in [0.15, 0.2) is 29.6 Å². The highest BCUT2D eigenvalue weighted by Gasteiger charge is 2.07. The van der Waals surface area contributed by atoms with Crippen LogP contribution in [0.2, 0.25) is 0 Å². The number of rotatable bonds is 8. The molecule has 5 heteroatoms. The molecule has 1 aromatic carbocycles. The molecule has 0 fully saturated rings. The molecule has 118 valence electrons. The molecule has 1 aromatic heterocycles. The Morgan fingerprint density at radius 3 is 2.41 bits per heavy atom. The molecule has 4 nitrogen and oxygen atoms in total. The molecule has 2 aromatic rings. The predicted octanol–water partition coefficient (Wildman–Crippen LogP) is 3.20. The predicted molar refractivity (Wildman–Crippen MR) is 89.3 cm³/mol. The second kappa shape index (κ2) is 8.06. The second-order valence-corrected chi connectivity index (χ2v) is 6.20. The van der Waals surface area contributed by atoms with Gasteiger partial charge in [0.2, 0.25) is 0 Å². The maximum absolute atomic E-state index is 10.7. The molecule has 0 aliphatic rings. The van der Waals surface area contributed by atoms with Crippen LogP contribution in [0.5, 0.6) is 0 Å². The van der Waals surface area contributed by atoms with Crippen LogP contribution < -0.4 is 0 Å². The van der Waals surface area contributed by atoms with Crippen molar-refractivity contribution in [2.75, 3.05) is 13.1 Å². The van der Waals surface area contributed by atoms with Crippen molar-refractivity contribution in [1.29, 1.82) is 0 Å². The van der Waals surface area contributed by atoms with Gasteiger partial charge in [-0.25, -0.2) is 4.98 Å². The molecule has 1 heterocycles. The number of aliphatic carboxylic acids is 1. The molecule has 0 aliphatic carbocycles. The van der Waals surface area contributed by atoms with Crippen LogP contribution in [0.4, 0.5) is 0 Å². The van der Waals surface area contributed by atoms with E-state index in [9.17, 15) is 4.79 Å². The number of hydrogen-bond acceptors (Lipinski definition) is 4. The van der Waals surface area contributed by atoms with E-state index in [1.165, 1.54) is 22.5 Å². The van der Waals surface area contributed by atoms with Gasteiger partial charge in [0.25, 0.3) is 0 Å². The molecule has 0 saturated carbocycles. The van der Waals surface area contributed by atoms with Crippen molar-refractivity contribution in [3.63, 3.8) is 0 Å². The molecule has 0 atom stereocenters. The van der Waals surface area contributed by atoms with Crippen molar-refractivity contribution in [1.82, 2.24) is 9.88 Å². The van der Waals surface area contributed by atoms with Gasteiger partial charge in [-0.05, 0) is 24.2 Å². The van der Waals surface area contributed by atoms with E-state index in [-0.39, 0.29) is 6.42 Å². The highest BCUT2D eigenvalue weighted by atomic mass is 32.1. The van der Waals surface area contributed by atoms with Crippen LogP contribution in [-0.4, -0.2) is 34.0 Å². The minimum absolute atomic E-state index is 0.000686. The van der Waals surface area contributed by atoms with Crippen LogP contribution in [0.25, 0.3) is 0 Å². The van der Waals surface area contributed by atoms with Gasteiger partial charge in [0, 0.05) is 18.3 Å². The molecule has 0 unspecified atom stereocenters. The van der Waals surface area contributed by atoms with E-state index in [1.807, 2.05) is 5.38 Å². The number of thiazole rings is 1. The summed E-state index contributed by atoms with van der Waals surface area (Å²) < 4.78 is 0. The summed E-state index contributed by atoms with van der Waals surface area (Å²) in [5.41, 5.74) is 3.17. The monoisotopic (exact) mass is 318 g/mol. The number of aromatic nitrogens is 1. The largest absolute Gasteiger partial charge is 0.481 e. The quantitative estimate of drug-likeness (QED) is 0.812. The van der Waals surface area contributed by atoms with Crippen molar-refractivity contribution in [3.8, 4) is 0 Å². The number of hydrogen-bond donors (Lipinski definition) is 1. The van der Waals surface area contributed by atoms with Crippen molar-refractivity contribution >= 4 is 17.3 Å². The van der Waals surface area contributed by atoms with Crippen molar-refractivity contribution in [3.05, 3.63) is 51.5 Å². The molecule has 0 radical (unpaired) electrons. The fraction of sp³-hybridized carbons (Fsp3) is 0.412. The Labute approximate surface area is 135 Å². The average molecular weight is 318 g/mol. The highest BCUT2D eigenvalue weighted by Crippen LogP contribution is 2.16. The van der Waals surface area contributed by atoms with Gasteiger partial charge < -0.3 is 5.11 Å². The van der Waals surface area contributed by atoms with Crippen LogP contribution in [0, 0.1) is 0 Å². The molecule has 0 amide bonds. The SMILES string of the molecule is CCN(CC)Cc1ccc(Cc2nc(CC(=O)O)cs2)cc1. The summed E-state index contributed by atoms with van der Waals surface area (Å²) in [7, 11) is 0. The lowest BCUT2D eigenvalue weighted by atomic mass is 10.1. The molecule has 0 saturated heterocycles. The number of carboxylic acids is 1. The molecule has 22 heavy (non-hydrogen) atoms. The van der Waals surface area contributed by atoms with Crippen molar-refractivity contribution < 1.29 is 9.90 Å². The summed E-state index contributed by atoms with van der Waals surface area (Å²) in [6, 6.07) is 8.60. The maximum atomic E-state index is 10.7. The first-order chi connectivity index (χ1) is 10.6. The first kappa shape index (κ1) is 16.6. The third-order valence-corrected chi connectivity index (χ3v) is 4.51. The number of carbonyl (C=O) groups is 1. The lowest BCUT2D eigenvalue weighted by Gasteiger charge is -2.18. The van der Waals surface area contributed by atoms with E-state index in [1.54, 1.807) is 0 Å². The Hall–Kier alpha value is -1.72. The first-order valence-electron chi connectivity index (χ1n) is 7.56. The van der Waals surface area contributed by atoms with E-state index in [4.69, 9.17) is 5.11 Å².